The number of fused-ring (bicyclic) bond motifs is 1. The molecule has 26 heavy (non-hydrogen) atoms. The Bertz CT molecular complexity index is 1090. The smallest absolute Gasteiger partial charge is 0.296 e. The van der Waals surface area contributed by atoms with E-state index in [-0.39, 0.29) is 11.9 Å². The average Bonchev–Trinajstić information content (AvgIpc) is 3.15. The fourth-order valence-corrected chi connectivity index (χ4v) is 3.02. The first kappa shape index (κ1) is 15.8. The van der Waals surface area contributed by atoms with E-state index in [1.807, 2.05) is 42.5 Å². The monoisotopic (exact) mass is 344 g/mol. The van der Waals surface area contributed by atoms with Gasteiger partial charge in [0.15, 0.2) is 0 Å². The van der Waals surface area contributed by atoms with E-state index in [0.29, 0.717) is 11.3 Å². The minimum absolute atomic E-state index is 0.131. The summed E-state index contributed by atoms with van der Waals surface area (Å²) >= 11 is 0. The first-order valence-electron chi connectivity index (χ1n) is 8.10. The van der Waals surface area contributed by atoms with Crippen LogP contribution in [0.5, 0.6) is 0 Å². The molecule has 1 aliphatic rings. The van der Waals surface area contributed by atoms with E-state index < -0.39 is 5.91 Å². The van der Waals surface area contributed by atoms with Crippen molar-refractivity contribution in [2.45, 2.75) is 0 Å². The van der Waals surface area contributed by atoms with Crippen LogP contribution >= 0.6 is 0 Å². The van der Waals surface area contributed by atoms with Crippen LogP contribution in [-0.4, -0.2) is 34.3 Å². The van der Waals surface area contributed by atoms with Gasteiger partial charge in [0, 0.05) is 29.8 Å². The van der Waals surface area contributed by atoms with Crippen molar-refractivity contribution in [3.63, 3.8) is 0 Å². The number of nitrogens with two attached hydrogens (primary N) is 1. The Kier molecular flexibility index (Phi) is 3.65. The number of hydrogen-bond acceptors (Lipinski definition) is 4. The summed E-state index contributed by atoms with van der Waals surface area (Å²) < 4.78 is 1.60. The van der Waals surface area contributed by atoms with Gasteiger partial charge in [0.05, 0.1) is 5.52 Å². The van der Waals surface area contributed by atoms with E-state index in [4.69, 9.17) is 5.73 Å². The quantitative estimate of drug-likeness (QED) is 0.724. The van der Waals surface area contributed by atoms with Crippen LogP contribution in [0.1, 0.15) is 15.9 Å². The Morgan fingerprint density at radius 2 is 1.77 bits per heavy atom. The molecule has 1 aliphatic heterocycles. The summed E-state index contributed by atoms with van der Waals surface area (Å²) in [6.45, 7) is 0. The third kappa shape index (κ3) is 2.48. The molecule has 128 valence electrons. The van der Waals surface area contributed by atoms with Gasteiger partial charge in [-0.1, -0.05) is 36.4 Å². The van der Waals surface area contributed by atoms with Crippen LogP contribution < -0.4 is 5.73 Å². The highest BCUT2D eigenvalue weighted by molar-refractivity contribution is 6.13. The highest BCUT2D eigenvalue weighted by Gasteiger charge is 2.25. The van der Waals surface area contributed by atoms with E-state index in [2.05, 4.69) is 4.99 Å². The normalized spacial score (nSPS) is 15.7. The number of aromatic nitrogens is 1. The SMILES string of the molecule is CN1C(N)=NC(=O)/C1=C\c1cn(C(=O)c2ccccc2)c2ccccc12. The summed E-state index contributed by atoms with van der Waals surface area (Å²) in [5.41, 5.74) is 8.20. The Balaban J connectivity index is 1.86. The lowest BCUT2D eigenvalue weighted by atomic mass is 10.1. The van der Waals surface area contributed by atoms with E-state index >= 15 is 0 Å². The van der Waals surface area contributed by atoms with Crippen LogP contribution in [0, 0.1) is 0 Å². The van der Waals surface area contributed by atoms with Gasteiger partial charge in [0.1, 0.15) is 5.70 Å². The number of nitrogens with zero attached hydrogens (tertiary/aromatic N) is 3. The molecule has 0 radical (unpaired) electrons. The van der Waals surface area contributed by atoms with Crippen LogP contribution in [0.2, 0.25) is 0 Å². The first-order chi connectivity index (χ1) is 12.6. The molecule has 0 atom stereocenters. The number of carbonyl (C=O) groups excluding carboxylic acids is 2. The highest BCUT2D eigenvalue weighted by Crippen LogP contribution is 2.26. The Labute approximate surface area is 149 Å². The lowest BCUT2D eigenvalue weighted by Gasteiger charge is -2.10. The zero-order valence-corrected chi connectivity index (χ0v) is 14.1. The minimum atomic E-state index is -0.392. The van der Waals surface area contributed by atoms with Gasteiger partial charge in [-0.05, 0) is 24.3 Å². The van der Waals surface area contributed by atoms with Crippen molar-refractivity contribution < 1.29 is 9.59 Å². The van der Waals surface area contributed by atoms with Gasteiger partial charge in [0.2, 0.25) is 5.96 Å². The van der Waals surface area contributed by atoms with Crippen molar-refractivity contribution in [2.75, 3.05) is 7.05 Å². The minimum Gasteiger partial charge on any atom is -0.369 e. The molecule has 2 N–H and O–H groups in total. The van der Waals surface area contributed by atoms with Gasteiger partial charge in [-0.25, -0.2) is 0 Å². The van der Waals surface area contributed by atoms with Crippen LogP contribution in [-0.2, 0) is 4.79 Å². The number of carbonyl (C=O) groups is 2. The average molecular weight is 344 g/mol. The number of amides is 1. The maximum absolute atomic E-state index is 12.9. The fraction of sp³-hybridized carbons (Fsp3) is 0.0500. The lowest BCUT2D eigenvalue weighted by molar-refractivity contribution is -0.114. The fourth-order valence-electron chi connectivity index (χ4n) is 3.02. The summed E-state index contributed by atoms with van der Waals surface area (Å²) in [4.78, 5) is 30.3. The van der Waals surface area contributed by atoms with Gasteiger partial charge in [-0.3, -0.25) is 14.2 Å². The Morgan fingerprint density at radius 3 is 2.46 bits per heavy atom. The molecule has 0 saturated carbocycles. The predicted octanol–water partition coefficient (Wildman–Crippen LogP) is 2.46. The van der Waals surface area contributed by atoms with Crippen molar-refractivity contribution in [2.24, 2.45) is 10.7 Å². The molecule has 4 rings (SSSR count). The van der Waals surface area contributed by atoms with Gasteiger partial charge in [0.25, 0.3) is 11.8 Å². The van der Waals surface area contributed by atoms with Gasteiger partial charge >= 0.3 is 0 Å². The number of rotatable bonds is 2. The molecule has 0 aliphatic carbocycles. The molecular formula is C20H16N4O2. The number of aliphatic imine (C=N–C) groups is 1. The number of guanidine groups is 1. The molecule has 6 nitrogen and oxygen atoms in total. The highest BCUT2D eigenvalue weighted by atomic mass is 16.2. The van der Waals surface area contributed by atoms with E-state index in [9.17, 15) is 9.59 Å². The molecule has 3 aromatic rings. The molecule has 2 heterocycles. The predicted molar refractivity (Wildman–Crippen MR) is 100 cm³/mol. The second-order valence-electron chi connectivity index (χ2n) is 6.01. The standard InChI is InChI=1S/C20H16N4O2/c1-23-17(18(25)22-20(23)21)11-14-12-24(16-10-6-5-9-15(14)16)19(26)13-7-3-2-4-8-13/h2-12H,1H3,(H2,21,22,25)/b17-11+. The van der Waals surface area contributed by atoms with E-state index in [0.717, 1.165) is 16.5 Å². The first-order valence-corrected chi connectivity index (χ1v) is 8.10. The Hall–Kier alpha value is -3.67. The van der Waals surface area contributed by atoms with Crippen molar-refractivity contribution in [1.82, 2.24) is 9.47 Å². The lowest BCUT2D eigenvalue weighted by Crippen LogP contribution is -2.28. The summed E-state index contributed by atoms with van der Waals surface area (Å²) in [7, 11) is 1.68. The van der Waals surface area contributed by atoms with Crippen LogP contribution in [0.3, 0.4) is 0 Å². The molecular weight excluding hydrogens is 328 g/mol. The number of benzene rings is 2. The molecule has 0 spiro atoms. The third-order valence-corrected chi connectivity index (χ3v) is 4.41. The van der Waals surface area contributed by atoms with Crippen molar-refractivity contribution in [1.29, 1.82) is 0 Å². The number of likely N-dealkylation sites (N-methyl/N-ethyl adjacent to an activating group) is 1. The summed E-state index contributed by atoms with van der Waals surface area (Å²) in [6, 6.07) is 16.6. The van der Waals surface area contributed by atoms with E-state index in [1.165, 1.54) is 4.90 Å². The van der Waals surface area contributed by atoms with E-state index in [1.54, 1.807) is 36.0 Å². The molecule has 0 unspecified atom stereocenters. The maximum atomic E-state index is 12.9. The molecule has 0 bridgehead atoms. The third-order valence-electron chi connectivity index (χ3n) is 4.41. The second kappa shape index (κ2) is 6.00. The Morgan fingerprint density at radius 1 is 1.08 bits per heavy atom. The second-order valence-corrected chi connectivity index (χ2v) is 6.01. The summed E-state index contributed by atoms with van der Waals surface area (Å²) in [6.07, 6.45) is 3.45. The van der Waals surface area contributed by atoms with Gasteiger partial charge < -0.3 is 10.6 Å². The van der Waals surface area contributed by atoms with Crippen molar-refractivity contribution in [3.05, 3.63) is 77.6 Å². The van der Waals surface area contributed by atoms with Crippen LogP contribution in [0.25, 0.3) is 17.0 Å². The molecule has 1 amide bonds. The van der Waals surface area contributed by atoms with Crippen LogP contribution in [0.15, 0.2) is 71.5 Å². The van der Waals surface area contributed by atoms with Gasteiger partial charge in [-0.2, -0.15) is 4.99 Å². The summed E-state index contributed by atoms with van der Waals surface area (Å²) in [5, 5.41) is 0.871. The zero-order valence-electron chi connectivity index (χ0n) is 14.1. The largest absolute Gasteiger partial charge is 0.369 e. The summed E-state index contributed by atoms with van der Waals surface area (Å²) in [5.74, 6) is -0.366. The zero-order chi connectivity index (χ0) is 18.3. The molecule has 2 aromatic carbocycles. The molecule has 0 fully saturated rings. The number of hydrogen-bond donors (Lipinski definition) is 1. The van der Waals surface area contributed by atoms with Crippen LogP contribution in [0.4, 0.5) is 0 Å². The molecule has 6 heteroatoms. The van der Waals surface area contributed by atoms with Crippen molar-refractivity contribution >= 4 is 34.8 Å². The van der Waals surface area contributed by atoms with Gasteiger partial charge in [-0.15, -0.1) is 0 Å². The molecule has 0 saturated heterocycles. The topological polar surface area (TPSA) is 80.7 Å². The number of para-hydroxylation sites is 1. The maximum Gasteiger partial charge on any atom is 0.296 e. The molecule has 1 aromatic heterocycles. The van der Waals surface area contributed by atoms with Crippen molar-refractivity contribution in [3.8, 4) is 0 Å².